The fourth-order valence-electron chi connectivity index (χ4n) is 8.98. The van der Waals surface area contributed by atoms with Crippen molar-refractivity contribution >= 4 is 11.8 Å². The molecule has 36 heavy (non-hydrogen) atoms. The van der Waals surface area contributed by atoms with Crippen molar-refractivity contribution in [2.45, 2.75) is 112 Å². The first-order valence-electron chi connectivity index (χ1n) is 14.0. The molecule has 5 nitrogen and oxygen atoms in total. The number of carbonyl (C=O) groups is 2. The lowest BCUT2D eigenvalue weighted by Gasteiger charge is -2.61. The van der Waals surface area contributed by atoms with Crippen LogP contribution in [0.2, 0.25) is 0 Å². The Kier molecular flexibility index (Phi) is 6.74. The molecule has 0 heterocycles. The highest BCUT2D eigenvalue weighted by atomic mass is 16.5. The molecule has 4 aliphatic rings. The number of aliphatic hydroxyl groups is 1. The van der Waals surface area contributed by atoms with E-state index in [1.807, 2.05) is 0 Å². The van der Waals surface area contributed by atoms with Crippen LogP contribution in [0.4, 0.5) is 0 Å². The highest BCUT2D eigenvalue weighted by molar-refractivity contribution is 5.88. The number of methoxy groups -OCH3 is 1. The molecule has 0 aromatic heterocycles. The van der Waals surface area contributed by atoms with Crippen molar-refractivity contribution in [2.75, 3.05) is 7.11 Å². The molecule has 2 fully saturated rings. The molecule has 0 radical (unpaired) electrons. The number of rotatable bonds is 7. The van der Waals surface area contributed by atoms with Crippen molar-refractivity contribution < 1.29 is 24.5 Å². The van der Waals surface area contributed by atoms with Gasteiger partial charge in [0.05, 0.1) is 6.10 Å². The van der Waals surface area contributed by atoms with E-state index in [0.29, 0.717) is 18.3 Å². The summed E-state index contributed by atoms with van der Waals surface area (Å²) in [7, 11) is 1.36. The van der Waals surface area contributed by atoms with E-state index < -0.39 is 11.6 Å². The Hall–Kier alpha value is -1.46. The second-order valence-electron chi connectivity index (χ2n) is 14.0. The largest absolute Gasteiger partial charge is 0.479 e. The van der Waals surface area contributed by atoms with Crippen LogP contribution in [0.1, 0.15) is 99.8 Å². The molecule has 202 valence electrons. The van der Waals surface area contributed by atoms with Gasteiger partial charge in [-0.25, -0.2) is 4.79 Å². The maximum absolute atomic E-state index is 13.0. The number of hydrogen-bond donors (Lipinski definition) is 2. The number of Topliss-reactive ketones (excluding diaryl/α,β-unsaturated/α-hetero) is 1. The molecule has 5 heteroatoms. The molecular weight excluding hydrogens is 452 g/mol. The monoisotopic (exact) mass is 500 g/mol. The Morgan fingerprint density at radius 3 is 2.39 bits per heavy atom. The van der Waals surface area contributed by atoms with Gasteiger partial charge >= 0.3 is 5.97 Å². The highest BCUT2D eigenvalue weighted by Gasteiger charge is 2.61. The topological polar surface area (TPSA) is 83.8 Å². The van der Waals surface area contributed by atoms with E-state index in [4.69, 9.17) is 4.74 Å². The van der Waals surface area contributed by atoms with Crippen molar-refractivity contribution in [1.29, 1.82) is 0 Å². The standard InChI is InChI=1S/C31H48O5/c1-19(17-20(32)18-31(7,36-8)26(34)35)28(4)15-16-30(6)22-9-11-23-27(2,3)25(33)13-14-29(23,5)21(22)10-12-24(28)30/h9,12,19,21,23,25,33H,10-11,13-18H2,1-8H3,(H,34,35). The number of carboxylic acid groups (broad SMARTS) is 1. The SMILES string of the molecule is COC(C)(CC(=O)CC(C)C1(C)CCC2(C)C3=CCC4C(C)(C)C(O)CCC4(C)C3CC=C21)C(=O)O. The summed E-state index contributed by atoms with van der Waals surface area (Å²) < 4.78 is 5.18. The fraction of sp³-hybridized carbons (Fsp3) is 0.806. The Bertz CT molecular complexity index is 993. The third kappa shape index (κ3) is 3.86. The Morgan fingerprint density at radius 1 is 1.11 bits per heavy atom. The third-order valence-corrected chi connectivity index (χ3v) is 11.9. The molecule has 8 atom stereocenters. The summed E-state index contributed by atoms with van der Waals surface area (Å²) in [5, 5.41) is 20.3. The summed E-state index contributed by atoms with van der Waals surface area (Å²) in [6, 6.07) is 0. The Labute approximate surface area is 217 Å². The van der Waals surface area contributed by atoms with Gasteiger partial charge in [0.1, 0.15) is 5.78 Å². The first-order chi connectivity index (χ1) is 16.6. The minimum Gasteiger partial charge on any atom is -0.479 e. The van der Waals surface area contributed by atoms with Gasteiger partial charge < -0.3 is 14.9 Å². The van der Waals surface area contributed by atoms with Crippen LogP contribution >= 0.6 is 0 Å². The molecule has 4 rings (SSSR count). The molecular formula is C31H48O5. The number of carboxylic acids is 1. The summed E-state index contributed by atoms with van der Waals surface area (Å²) in [6.07, 6.45) is 11.2. The fourth-order valence-corrected chi connectivity index (χ4v) is 8.98. The maximum Gasteiger partial charge on any atom is 0.336 e. The number of ketones is 1. The molecule has 2 N–H and O–H groups in total. The summed E-state index contributed by atoms with van der Waals surface area (Å²) >= 11 is 0. The van der Waals surface area contributed by atoms with E-state index in [0.717, 1.165) is 38.5 Å². The number of aliphatic carboxylic acids is 1. The minimum atomic E-state index is -1.47. The number of allylic oxidation sites excluding steroid dienone is 4. The smallest absolute Gasteiger partial charge is 0.336 e. The van der Waals surface area contributed by atoms with Crippen molar-refractivity contribution in [3.63, 3.8) is 0 Å². The lowest BCUT2D eigenvalue weighted by molar-refractivity contribution is -0.163. The van der Waals surface area contributed by atoms with Crippen LogP contribution in [-0.4, -0.2) is 40.8 Å². The Balaban J connectivity index is 1.59. The van der Waals surface area contributed by atoms with Crippen LogP contribution in [0.25, 0.3) is 0 Å². The molecule has 0 bridgehead atoms. The number of ether oxygens (including phenoxy) is 1. The van der Waals surface area contributed by atoms with Gasteiger partial charge in [-0.05, 0) is 79.4 Å². The van der Waals surface area contributed by atoms with Gasteiger partial charge in [-0.2, -0.15) is 0 Å². The summed E-state index contributed by atoms with van der Waals surface area (Å²) in [4.78, 5) is 24.6. The molecule has 2 saturated carbocycles. The minimum absolute atomic E-state index is 0.0191. The number of fused-ring (bicyclic) bond motifs is 5. The lowest BCUT2D eigenvalue weighted by Crippen LogP contribution is -2.55. The van der Waals surface area contributed by atoms with E-state index in [-0.39, 0.29) is 45.9 Å². The number of aliphatic hydroxyl groups excluding tert-OH is 1. The van der Waals surface area contributed by atoms with E-state index >= 15 is 0 Å². The average Bonchev–Trinajstić information content (AvgIpc) is 3.08. The van der Waals surface area contributed by atoms with Gasteiger partial charge in [0.2, 0.25) is 0 Å². The second kappa shape index (κ2) is 8.80. The zero-order valence-electron chi connectivity index (χ0n) is 23.7. The predicted molar refractivity (Wildman–Crippen MR) is 141 cm³/mol. The summed E-state index contributed by atoms with van der Waals surface area (Å²) in [5.41, 5.74) is 1.67. The second-order valence-corrected chi connectivity index (χ2v) is 14.0. The quantitative estimate of drug-likeness (QED) is 0.398. The highest BCUT2D eigenvalue weighted by Crippen LogP contribution is 2.70. The normalized spacial score (nSPS) is 41.6. The van der Waals surface area contributed by atoms with Gasteiger partial charge in [-0.15, -0.1) is 0 Å². The van der Waals surface area contributed by atoms with Crippen molar-refractivity contribution in [3.05, 3.63) is 23.3 Å². The average molecular weight is 501 g/mol. The molecule has 0 saturated heterocycles. The van der Waals surface area contributed by atoms with Gasteiger partial charge in [0.25, 0.3) is 0 Å². The van der Waals surface area contributed by atoms with E-state index in [2.05, 4.69) is 53.7 Å². The maximum atomic E-state index is 13.0. The molecule has 0 aromatic rings. The van der Waals surface area contributed by atoms with Crippen molar-refractivity contribution in [2.24, 2.45) is 39.4 Å². The molecule has 8 unspecified atom stereocenters. The number of hydrogen-bond acceptors (Lipinski definition) is 4. The third-order valence-electron chi connectivity index (χ3n) is 11.9. The van der Waals surface area contributed by atoms with Crippen LogP contribution in [-0.2, 0) is 14.3 Å². The van der Waals surface area contributed by atoms with E-state index in [1.54, 1.807) is 5.57 Å². The van der Waals surface area contributed by atoms with Crippen molar-refractivity contribution in [1.82, 2.24) is 0 Å². The first-order valence-corrected chi connectivity index (χ1v) is 14.0. The molecule has 4 aliphatic carbocycles. The van der Waals surface area contributed by atoms with Crippen molar-refractivity contribution in [3.8, 4) is 0 Å². The zero-order chi connectivity index (χ0) is 26.9. The zero-order valence-corrected chi connectivity index (χ0v) is 23.7. The predicted octanol–water partition coefficient (Wildman–Crippen LogP) is 6.35. The van der Waals surface area contributed by atoms with Crippen LogP contribution in [0.15, 0.2) is 23.3 Å². The van der Waals surface area contributed by atoms with Crippen LogP contribution in [0.5, 0.6) is 0 Å². The molecule has 0 aromatic carbocycles. The summed E-state index contributed by atoms with van der Waals surface area (Å²) in [6.45, 7) is 15.4. The lowest BCUT2D eigenvalue weighted by atomic mass is 9.44. The molecule has 0 amide bonds. The van der Waals surface area contributed by atoms with Crippen LogP contribution < -0.4 is 0 Å². The van der Waals surface area contributed by atoms with Gasteiger partial charge in [0, 0.05) is 25.4 Å². The van der Waals surface area contributed by atoms with E-state index in [9.17, 15) is 19.8 Å². The van der Waals surface area contributed by atoms with Gasteiger partial charge in [-0.3, -0.25) is 4.79 Å². The van der Waals surface area contributed by atoms with Gasteiger partial charge in [-0.1, -0.05) is 64.8 Å². The summed E-state index contributed by atoms with van der Waals surface area (Å²) in [5.74, 6) is -0.0284. The van der Waals surface area contributed by atoms with Crippen LogP contribution in [0.3, 0.4) is 0 Å². The Morgan fingerprint density at radius 2 is 1.78 bits per heavy atom. The van der Waals surface area contributed by atoms with Gasteiger partial charge in [0.15, 0.2) is 5.60 Å². The first kappa shape index (κ1) is 27.6. The number of carbonyl (C=O) groups excluding carboxylic acids is 1. The molecule has 0 aliphatic heterocycles. The van der Waals surface area contributed by atoms with Crippen LogP contribution in [0, 0.1) is 39.4 Å². The molecule has 0 spiro atoms. The van der Waals surface area contributed by atoms with E-state index in [1.165, 1.54) is 19.6 Å².